The molecule has 0 radical (unpaired) electrons. The van der Waals surface area contributed by atoms with Crippen LogP contribution < -0.4 is 0 Å². The van der Waals surface area contributed by atoms with Crippen molar-refractivity contribution in [3.05, 3.63) is 75.1 Å². The van der Waals surface area contributed by atoms with Crippen molar-refractivity contribution >= 4 is 28.7 Å². The van der Waals surface area contributed by atoms with Gasteiger partial charge in [-0.3, -0.25) is 0 Å². The smallest absolute Gasteiger partial charge is 0.0764 e. The highest BCUT2D eigenvalue weighted by atomic mass is 35.5. The second-order valence-corrected chi connectivity index (χ2v) is 5.02. The lowest BCUT2D eigenvalue weighted by molar-refractivity contribution is 1.05. The monoisotopic (exact) mass is 310 g/mol. The number of hydrogen-bond donors (Lipinski definition) is 0. The fourth-order valence-corrected chi connectivity index (χ4v) is 2.21. The third-order valence-electron chi connectivity index (χ3n) is 3.13. The molecule has 2 aromatic rings. The molecule has 5 heteroatoms. The molecule has 0 aromatic heterocycles. The normalized spacial score (nSPS) is 9.55. The second-order valence-electron chi connectivity index (χ2n) is 4.58. The Morgan fingerprint density at radius 2 is 2.00 bits per heavy atom. The highest BCUT2D eigenvalue weighted by molar-refractivity contribution is 6.30. The van der Waals surface area contributed by atoms with Crippen molar-refractivity contribution in [1.29, 1.82) is 0 Å². The average Bonchev–Trinajstić information content (AvgIpc) is 2.56. The zero-order chi connectivity index (χ0) is 15.8. The Kier molecular flexibility index (Phi) is 5.81. The maximum absolute atomic E-state index is 8.47. The zero-order valence-corrected chi connectivity index (χ0v) is 13.0. The fraction of sp³-hybridized carbons (Fsp3) is 0.176. The SMILES string of the molecule is CCC(=C=Nc1ccc(Cl)cc1CN=[N+]=[N-])c1ccccc1. The van der Waals surface area contributed by atoms with E-state index in [-0.39, 0.29) is 6.54 Å². The molecule has 0 unspecified atom stereocenters. The minimum absolute atomic E-state index is 0.213. The molecule has 0 aliphatic heterocycles. The van der Waals surface area contributed by atoms with Crippen molar-refractivity contribution in [2.75, 3.05) is 0 Å². The molecule has 0 N–H and O–H groups in total. The summed E-state index contributed by atoms with van der Waals surface area (Å²) in [6, 6.07) is 15.3. The number of azide groups is 1. The predicted molar refractivity (Wildman–Crippen MR) is 91.5 cm³/mol. The Bertz CT molecular complexity index is 755. The summed E-state index contributed by atoms with van der Waals surface area (Å²) in [7, 11) is 0. The number of allylic oxidation sites excluding steroid dienone is 1. The van der Waals surface area contributed by atoms with Crippen molar-refractivity contribution in [2.45, 2.75) is 19.9 Å². The molecule has 0 aliphatic rings. The van der Waals surface area contributed by atoms with E-state index in [4.69, 9.17) is 17.1 Å². The first kappa shape index (κ1) is 15.9. The summed E-state index contributed by atoms with van der Waals surface area (Å²) >= 11 is 5.98. The van der Waals surface area contributed by atoms with Crippen LogP contribution >= 0.6 is 11.6 Å². The fourth-order valence-electron chi connectivity index (χ4n) is 2.01. The molecule has 110 valence electrons. The van der Waals surface area contributed by atoms with E-state index >= 15 is 0 Å². The first-order valence-electron chi connectivity index (χ1n) is 6.92. The molecule has 0 saturated heterocycles. The van der Waals surface area contributed by atoms with Crippen LogP contribution in [0, 0.1) is 0 Å². The minimum atomic E-state index is 0.213. The van der Waals surface area contributed by atoms with Gasteiger partial charge < -0.3 is 0 Å². The van der Waals surface area contributed by atoms with Gasteiger partial charge in [0.25, 0.3) is 0 Å². The van der Waals surface area contributed by atoms with Crippen LogP contribution in [-0.2, 0) is 6.54 Å². The largest absolute Gasteiger partial charge is 0.206 e. The van der Waals surface area contributed by atoms with E-state index in [0.717, 1.165) is 23.1 Å². The molecule has 4 nitrogen and oxygen atoms in total. The van der Waals surface area contributed by atoms with E-state index in [1.165, 1.54) is 0 Å². The number of rotatable bonds is 5. The van der Waals surface area contributed by atoms with Gasteiger partial charge in [0.2, 0.25) is 0 Å². The first-order chi connectivity index (χ1) is 10.7. The Morgan fingerprint density at radius 3 is 2.68 bits per heavy atom. The van der Waals surface area contributed by atoms with Crippen LogP contribution in [0.3, 0.4) is 0 Å². The van der Waals surface area contributed by atoms with Crippen molar-refractivity contribution in [3.8, 4) is 0 Å². The van der Waals surface area contributed by atoms with Gasteiger partial charge in [0.1, 0.15) is 0 Å². The summed E-state index contributed by atoms with van der Waals surface area (Å²) in [5, 5.41) is 4.16. The first-order valence-corrected chi connectivity index (χ1v) is 7.29. The molecule has 2 rings (SSSR count). The lowest BCUT2D eigenvalue weighted by Crippen LogP contribution is -1.84. The van der Waals surface area contributed by atoms with Gasteiger partial charge in [0.05, 0.1) is 12.2 Å². The summed E-state index contributed by atoms with van der Waals surface area (Å²) in [5.41, 5.74) is 12.1. The topological polar surface area (TPSA) is 61.1 Å². The van der Waals surface area contributed by atoms with E-state index in [0.29, 0.717) is 10.7 Å². The molecule has 0 fully saturated rings. The van der Waals surface area contributed by atoms with Gasteiger partial charge in [-0.1, -0.05) is 54.0 Å². The third kappa shape index (κ3) is 4.24. The van der Waals surface area contributed by atoms with Gasteiger partial charge in [0.15, 0.2) is 0 Å². The Hall–Kier alpha value is -2.51. The van der Waals surface area contributed by atoms with Gasteiger partial charge in [0, 0.05) is 15.5 Å². The zero-order valence-electron chi connectivity index (χ0n) is 12.2. The maximum atomic E-state index is 8.47. The summed E-state index contributed by atoms with van der Waals surface area (Å²) in [4.78, 5) is 7.19. The molecule has 0 spiro atoms. The minimum Gasteiger partial charge on any atom is -0.206 e. The van der Waals surface area contributed by atoms with Gasteiger partial charge in [-0.25, -0.2) is 4.99 Å². The summed E-state index contributed by atoms with van der Waals surface area (Å²) < 4.78 is 0. The van der Waals surface area contributed by atoms with Crippen molar-refractivity contribution in [1.82, 2.24) is 0 Å². The van der Waals surface area contributed by atoms with Crippen molar-refractivity contribution in [2.24, 2.45) is 10.1 Å². The Balaban J connectivity index is 2.43. The van der Waals surface area contributed by atoms with E-state index in [9.17, 15) is 0 Å². The number of aliphatic imine (C=N–C) groups is 1. The molecule has 2 aromatic carbocycles. The highest BCUT2D eigenvalue weighted by Gasteiger charge is 2.02. The molecule has 22 heavy (non-hydrogen) atoms. The molecule has 0 saturated carbocycles. The quantitative estimate of drug-likeness (QED) is 0.284. The van der Waals surface area contributed by atoms with Gasteiger partial charge in [-0.05, 0) is 47.1 Å². The second kappa shape index (κ2) is 8.06. The van der Waals surface area contributed by atoms with E-state index < -0.39 is 0 Å². The summed E-state index contributed by atoms with van der Waals surface area (Å²) in [5.74, 6) is 3.10. The number of halogens is 1. The molecule has 0 amide bonds. The Labute approximate surface area is 134 Å². The van der Waals surface area contributed by atoms with Crippen LogP contribution in [0.25, 0.3) is 16.0 Å². The molecular formula is C17H15ClN4. The molecule has 0 atom stereocenters. The van der Waals surface area contributed by atoms with Crippen LogP contribution in [0.15, 0.2) is 58.6 Å². The predicted octanol–water partition coefficient (Wildman–Crippen LogP) is 5.95. The molecular weight excluding hydrogens is 296 g/mol. The summed E-state index contributed by atoms with van der Waals surface area (Å²) in [6.45, 7) is 2.28. The number of hydrogen-bond acceptors (Lipinski definition) is 2. The maximum Gasteiger partial charge on any atom is 0.0764 e. The lowest BCUT2D eigenvalue weighted by atomic mass is 10.1. The van der Waals surface area contributed by atoms with E-state index in [1.807, 2.05) is 30.3 Å². The summed E-state index contributed by atoms with van der Waals surface area (Å²) in [6.07, 6.45) is 0.826. The van der Waals surface area contributed by atoms with Crippen molar-refractivity contribution < 1.29 is 0 Å². The number of nitrogens with zero attached hydrogens (tertiary/aromatic N) is 4. The van der Waals surface area contributed by atoms with Gasteiger partial charge in [-0.15, -0.1) is 0 Å². The van der Waals surface area contributed by atoms with E-state index in [1.54, 1.807) is 18.2 Å². The molecule has 0 heterocycles. The van der Waals surface area contributed by atoms with Crippen LogP contribution in [0.5, 0.6) is 0 Å². The lowest BCUT2D eigenvalue weighted by Gasteiger charge is -2.03. The van der Waals surface area contributed by atoms with Gasteiger partial charge >= 0.3 is 0 Å². The van der Waals surface area contributed by atoms with Crippen LogP contribution in [0.4, 0.5) is 5.69 Å². The van der Waals surface area contributed by atoms with Gasteiger partial charge in [-0.2, -0.15) is 0 Å². The molecule has 0 aliphatic carbocycles. The standard InChI is InChI=1S/C17H15ClN4/c1-2-13(14-6-4-3-5-7-14)11-20-17-9-8-16(18)10-15(17)12-21-22-19/h3-10H,2,12H2,1H3. The van der Waals surface area contributed by atoms with E-state index in [2.05, 4.69) is 27.8 Å². The van der Waals surface area contributed by atoms with Crippen LogP contribution in [0.1, 0.15) is 24.5 Å². The molecule has 0 bridgehead atoms. The van der Waals surface area contributed by atoms with Crippen molar-refractivity contribution in [3.63, 3.8) is 0 Å². The Morgan fingerprint density at radius 1 is 1.23 bits per heavy atom. The van der Waals surface area contributed by atoms with Crippen LogP contribution in [-0.4, -0.2) is 5.87 Å². The number of benzene rings is 2. The third-order valence-corrected chi connectivity index (χ3v) is 3.37. The highest BCUT2D eigenvalue weighted by Crippen LogP contribution is 2.24. The average molecular weight is 311 g/mol. The van der Waals surface area contributed by atoms with Crippen LogP contribution in [0.2, 0.25) is 5.02 Å².